The van der Waals surface area contributed by atoms with Gasteiger partial charge in [0.25, 0.3) is 0 Å². The SMILES string of the molecule is N#Cc1cccc(CN2Cc3[nH]cnc3C[C@H]2c2nc(-c3ccc4ccccc4c3)no2)c1. The fourth-order valence-corrected chi connectivity index (χ4v) is 4.49. The third-order valence-electron chi connectivity index (χ3n) is 6.17. The molecule has 7 nitrogen and oxygen atoms in total. The lowest BCUT2D eigenvalue weighted by molar-refractivity contribution is 0.128. The number of aromatic nitrogens is 4. The van der Waals surface area contributed by atoms with Gasteiger partial charge in [-0.3, -0.25) is 4.90 Å². The van der Waals surface area contributed by atoms with Crippen molar-refractivity contribution in [3.05, 3.63) is 101 Å². The number of imidazole rings is 1. The minimum atomic E-state index is -0.103. The number of aromatic amines is 1. The van der Waals surface area contributed by atoms with Gasteiger partial charge in [0.05, 0.1) is 35.4 Å². The second-order valence-corrected chi connectivity index (χ2v) is 8.28. The molecular weight excluding hydrogens is 412 g/mol. The number of fused-ring (bicyclic) bond motifs is 2. The van der Waals surface area contributed by atoms with Crippen LogP contribution in [-0.2, 0) is 19.5 Å². The number of hydrogen-bond donors (Lipinski definition) is 1. The van der Waals surface area contributed by atoms with E-state index in [4.69, 9.17) is 9.51 Å². The number of nitriles is 1. The Balaban J connectivity index is 1.33. The van der Waals surface area contributed by atoms with Crippen molar-refractivity contribution in [3.63, 3.8) is 0 Å². The minimum absolute atomic E-state index is 0.103. The third kappa shape index (κ3) is 3.67. The van der Waals surface area contributed by atoms with Crippen LogP contribution in [0.4, 0.5) is 0 Å². The van der Waals surface area contributed by atoms with Crippen molar-refractivity contribution in [2.45, 2.75) is 25.6 Å². The Kier molecular flexibility index (Phi) is 4.71. The largest absolute Gasteiger partial charge is 0.347 e. The Morgan fingerprint density at radius 1 is 1.06 bits per heavy atom. The smallest absolute Gasteiger partial charge is 0.244 e. The van der Waals surface area contributed by atoms with Gasteiger partial charge in [0, 0.05) is 25.1 Å². The molecule has 0 aliphatic carbocycles. The molecule has 1 aliphatic rings. The molecular formula is C26H20N6O. The van der Waals surface area contributed by atoms with E-state index >= 15 is 0 Å². The first-order valence-corrected chi connectivity index (χ1v) is 10.8. The number of benzene rings is 3. The fraction of sp³-hybridized carbons (Fsp3) is 0.154. The molecule has 5 aromatic rings. The molecule has 3 aromatic carbocycles. The topological polar surface area (TPSA) is 94.6 Å². The molecule has 0 radical (unpaired) electrons. The maximum Gasteiger partial charge on any atom is 0.244 e. The molecule has 1 N–H and O–H groups in total. The Hall–Kier alpha value is -4.28. The standard InChI is InChI=1S/C26H20N6O/c27-13-17-4-3-5-18(10-17)14-32-15-23-22(28-16-29-23)12-24(32)26-30-25(31-33-26)21-9-8-19-6-1-2-7-20(19)11-21/h1-11,16,24H,12,14-15H2,(H,28,29)/t24-/m0/s1. The van der Waals surface area contributed by atoms with E-state index in [0.29, 0.717) is 36.8 Å². The number of nitrogens with zero attached hydrogens (tertiary/aromatic N) is 5. The molecule has 160 valence electrons. The van der Waals surface area contributed by atoms with E-state index in [0.717, 1.165) is 27.9 Å². The van der Waals surface area contributed by atoms with Crippen LogP contribution in [0.2, 0.25) is 0 Å². The van der Waals surface area contributed by atoms with E-state index in [1.165, 1.54) is 5.39 Å². The van der Waals surface area contributed by atoms with Gasteiger partial charge in [0.15, 0.2) is 0 Å². The van der Waals surface area contributed by atoms with Gasteiger partial charge in [-0.15, -0.1) is 0 Å². The van der Waals surface area contributed by atoms with Crippen LogP contribution in [0.25, 0.3) is 22.2 Å². The quantitative estimate of drug-likeness (QED) is 0.439. The van der Waals surface area contributed by atoms with Crippen molar-refractivity contribution in [3.8, 4) is 17.5 Å². The average Bonchev–Trinajstić information content (AvgIpc) is 3.53. The molecule has 0 spiro atoms. The van der Waals surface area contributed by atoms with Crippen LogP contribution in [0.1, 0.15) is 34.4 Å². The summed E-state index contributed by atoms with van der Waals surface area (Å²) in [5, 5.41) is 15.9. The first-order valence-electron chi connectivity index (χ1n) is 10.8. The van der Waals surface area contributed by atoms with E-state index in [1.807, 2.05) is 42.5 Å². The maximum absolute atomic E-state index is 9.27. The highest BCUT2D eigenvalue weighted by molar-refractivity contribution is 5.86. The lowest BCUT2D eigenvalue weighted by Gasteiger charge is -2.32. The van der Waals surface area contributed by atoms with Crippen LogP contribution in [0, 0.1) is 11.3 Å². The predicted octanol–water partition coefficient (Wildman–Crippen LogP) is 4.78. The summed E-state index contributed by atoms with van der Waals surface area (Å²) in [7, 11) is 0. The highest BCUT2D eigenvalue weighted by Crippen LogP contribution is 2.33. The van der Waals surface area contributed by atoms with Crippen LogP contribution in [-0.4, -0.2) is 25.0 Å². The zero-order valence-corrected chi connectivity index (χ0v) is 17.8. The molecule has 1 atom stereocenters. The Morgan fingerprint density at radius 2 is 1.97 bits per heavy atom. The Morgan fingerprint density at radius 3 is 2.88 bits per heavy atom. The van der Waals surface area contributed by atoms with Gasteiger partial charge < -0.3 is 9.51 Å². The summed E-state index contributed by atoms with van der Waals surface area (Å²) in [5.74, 6) is 1.15. The number of rotatable bonds is 4. The van der Waals surface area contributed by atoms with E-state index in [9.17, 15) is 5.26 Å². The van der Waals surface area contributed by atoms with Gasteiger partial charge >= 0.3 is 0 Å². The van der Waals surface area contributed by atoms with Crippen LogP contribution in [0.5, 0.6) is 0 Å². The van der Waals surface area contributed by atoms with Crippen LogP contribution >= 0.6 is 0 Å². The van der Waals surface area contributed by atoms with Crippen LogP contribution in [0.3, 0.4) is 0 Å². The van der Waals surface area contributed by atoms with Crippen molar-refractivity contribution in [2.75, 3.05) is 0 Å². The molecule has 0 saturated carbocycles. The molecule has 0 fully saturated rings. The molecule has 6 rings (SSSR count). The van der Waals surface area contributed by atoms with Gasteiger partial charge in [0.2, 0.25) is 11.7 Å². The van der Waals surface area contributed by atoms with Gasteiger partial charge in [-0.25, -0.2) is 4.98 Å². The molecule has 0 unspecified atom stereocenters. The minimum Gasteiger partial charge on any atom is -0.347 e. The highest BCUT2D eigenvalue weighted by Gasteiger charge is 2.33. The lowest BCUT2D eigenvalue weighted by atomic mass is 10.0. The summed E-state index contributed by atoms with van der Waals surface area (Å²) in [4.78, 5) is 14.8. The van der Waals surface area contributed by atoms with Gasteiger partial charge in [-0.05, 0) is 34.5 Å². The Bertz CT molecular complexity index is 1490. The fourth-order valence-electron chi connectivity index (χ4n) is 4.49. The van der Waals surface area contributed by atoms with Crippen molar-refractivity contribution in [2.24, 2.45) is 0 Å². The van der Waals surface area contributed by atoms with E-state index < -0.39 is 0 Å². The van der Waals surface area contributed by atoms with Gasteiger partial charge in [0.1, 0.15) is 0 Å². The average molecular weight is 432 g/mol. The normalized spacial score (nSPS) is 15.9. The monoisotopic (exact) mass is 432 g/mol. The first kappa shape index (κ1) is 19.4. The number of nitrogens with one attached hydrogen (secondary N) is 1. The zero-order chi connectivity index (χ0) is 22.2. The molecule has 33 heavy (non-hydrogen) atoms. The number of hydrogen-bond acceptors (Lipinski definition) is 6. The molecule has 0 saturated heterocycles. The van der Waals surface area contributed by atoms with Crippen LogP contribution in [0.15, 0.2) is 77.6 Å². The van der Waals surface area contributed by atoms with Gasteiger partial charge in [-0.1, -0.05) is 53.7 Å². The van der Waals surface area contributed by atoms with Crippen molar-refractivity contribution in [1.82, 2.24) is 25.0 Å². The first-order chi connectivity index (χ1) is 16.3. The van der Waals surface area contributed by atoms with E-state index in [-0.39, 0.29) is 6.04 Å². The van der Waals surface area contributed by atoms with Crippen LogP contribution < -0.4 is 0 Å². The molecule has 0 amide bonds. The predicted molar refractivity (Wildman–Crippen MR) is 123 cm³/mol. The maximum atomic E-state index is 9.27. The zero-order valence-electron chi connectivity index (χ0n) is 17.8. The Labute approximate surface area is 190 Å². The summed E-state index contributed by atoms with van der Waals surface area (Å²) < 4.78 is 5.78. The molecule has 2 aromatic heterocycles. The molecule has 7 heteroatoms. The van der Waals surface area contributed by atoms with Gasteiger partial charge in [-0.2, -0.15) is 10.2 Å². The summed E-state index contributed by atoms with van der Waals surface area (Å²) in [6, 6.07) is 24.2. The van der Waals surface area contributed by atoms with E-state index in [2.05, 4.69) is 50.4 Å². The second kappa shape index (κ2) is 8.01. The summed E-state index contributed by atoms with van der Waals surface area (Å²) in [6.07, 6.45) is 2.41. The molecule has 0 bridgehead atoms. The van der Waals surface area contributed by atoms with Crippen molar-refractivity contribution in [1.29, 1.82) is 5.26 Å². The summed E-state index contributed by atoms with van der Waals surface area (Å²) >= 11 is 0. The summed E-state index contributed by atoms with van der Waals surface area (Å²) in [6.45, 7) is 1.34. The lowest BCUT2D eigenvalue weighted by Crippen LogP contribution is -2.34. The second-order valence-electron chi connectivity index (χ2n) is 8.28. The molecule has 1 aliphatic heterocycles. The van der Waals surface area contributed by atoms with Crippen molar-refractivity contribution < 1.29 is 4.52 Å². The number of H-pyrrole nitrogens is 1. The highest BCUT2D eigenvalue weighted by atomic mass is 16.5. The van der Waals surface area contributed by atoms with E-state index in [1.54, 1.807) is 6.33 Å². The third-order valence-corrected chi connectivity index (χ3v) is 6.17. The molecule has 3 heterocycles. The van der Waals surface area contributed by atoms with Crippen molar-refractivity contribution >= 4 is 10.8 Å². The summed E-state index contributed by atoms with van der Waals surface area (Å²) in [5.41, 5.74) is 4.76.